The summed E-state index contributed by atoms with van der Waals surface area (Å²) in [6, 6.07) is 17.6. The van der Waals surface area contributed by atoms with E-state index < -0.39 is 0 Å². The van der Waals surface area contributed by atoms with Crippen molar-refractivity contribution in [3.63, 3.8) is 0 Å². The molecule has 2 aromatic carbocycles. The van der Waals surface area contributed by atoms with Gasteiger partial charge in [-0.15, -0.1) is 10.2 Å². The van der Waals surface area contributed by atoms with Crippen molar-refractivity contribution in [2.24, 2.45) is 0 Å². The lowest BCUT2D eigenvalue weighted by atomic mass is 10.3. The fraction of sp³-hybridized carbons (Fsp3) is 0.263. The van der Waals surface area contributed by atoms with Gasteiger partial charge >= 0.3 is 0 Å². The lowest BCUT2D eigenvalue weighted by Crippen LogP contribution is -2.07. The minimum absolute atomic E-state index is 0.340. The summed E-state index contributed by atoms with van der Waals surface area (Å²) in [7, 11) is 1.66. The predicted octanol–water partition coefficient (Wildman–Crippen LogP) is 4.36. The minimum Gasteiger partial charge on any atom is -0.497 e. The summed E-state index contributed by atoms with van der Waals surface area (Å²) in [6.07, 6.45) is 0. The number of aromatic nitrogens is 3. The van der Waals surface area contributed by atoms with Gasteiger partial charge in [0.1, 0.15) is 18.1 Å². The normalized spacial score (nSPS) is 10.9. The van der Waals surface area contributed by atoms with E-state index in [4.69, 9.17) is 9.47 Å². The van der Waals surface area contributed by atoms with E-state index in [0.717, 1.165) is 28.2 Å². The van der Waals surface area contributed by atoms with Crippen molar-refractivity contribution < 1.29 is 9.47 Å². The van der Waals surface area contributed by atoms with E-state index in [1.807, 2.05) is 59.2 Å². The fourth-order valence-electron chi connectivity index (χ4n) is 2.35. The highest BCUT2D eigenvalue weighted by molar-refractivity contribution is 7.99. The number of rotatable bonds is 7. The first-order chi connectivity index (χ1) is 12.2. The van der Waals surface area contributed by atoms with E-state index in [-0.39, 0.29) is 0 Å². The highest BCUT2D eigenvalue weighted by Gasteiger charge is 2.16. The third kappa shape index (κ3) is 4.33. The van der Waals surface area contributed by atoms with Gasteiger partial charge in [0.2, 0.25) is 0 Å². The number of ether oxygens (including phenoxy) is 2. The maximum absolute atomic E-state index is 5.87. The number of hydrogen-bond acceptors (Lipinski definition) is 5. The summed E-state index contributed by atoms with van der Waals surface area (Å²) in [4.78, 5) is 0. The summed E-state index contributed by atoms with van der Waals surface area (Å²) >= 11 is 1.67. The number of methoxy groups -OCH3 is 1. The first-order valence-electron chi connectivity index (χ1n) is 8.10. The first-order valence-corrected chi connectivity index (χ1v) is 8.98. The van der Waals surface area contributed by atoms with Crippen LogP contribution in [0.4, 0.5) is 0 Å². The summed E-state index contributed by atoms with van der Waals surface area (Å²) in [6.45, 7) is 4.61. The van der Waals surface area contributed by atoms with Crippen LogP contribution in [0, 0.1) is 0 Å². The Balaban J connectivity index is 1.93. The molecule has 25 heavy (non-hydrogen) atoms. The Hall–Kier alpha value is -2.47. The summed E-state index contributed by atoms with van der Waals surface area (Å²) in [5, 5.41) is 9.94. The molecular formula is C19H21N3O2S. The summed E-state index contributed by atoms with van der Waals surface area (Å²) in [5.41, 5.74) is 0.958. The Labute approximate surface area is 152 Å². The molecule has 0 bridgehead atoms. The molecule has 0 N–H and O–H groups in total. The number of para-hydroxylation sites is 1. The standard InChI is InChI=1S/C19H21N3O2S/c1-14(2)25-19-21-20-18(13-24-16-9-5-4-6-10-16)22(19)15-8-7-11-17(12-15)23-3/h4-12,14H,13H2,1-3H3. The first kappa shape index (κ1) is 17.4. The Morgan fingerprint density at radius 2 is 1.76 bits per heavy atom. The minimum atomic E-state index is 0.340. The monoisotopic (exact) mass is 355 g/mol. The van der Waals surface area contributed by atoms with E-state index in [0.29, 0.717) is 11.9 Å². The van der Waals surface area contributed by atoms with Gasteiger partial charge in [0.15, 0.2) is 11.0 Å². The lowest BCUT2D eigenvalue weighted by molar-refractivity contribution is 0.293. The van der Waals surface area contributed by atoms with Gasteiger partial charge in [0.05, 0.1) is 12.8 Å². The van der Waals surface area contributed by atoms with Crippen LogP contribution in [0.15, 0.2) is 59.8 Å². The van der Waals surface area contributed by atoms with Gasteiger partial charge in [-0.2, -0.15) is 0 Å². The second kappa shape index (κ2) is 8.07. The Morgan fingerprint density at radius 3 is 2.48 bits per heavy atom. The number of thioether (sulfide) groups is 1. The molecule has 0 aliphatic rings. The van der Waals surface area contributed by atoms with Gasteiger partial charge < -0.3 is 9.47 Å². The molecule has 0 radical (unpaired) electrons. The van der Waals surface area contributed by atoms with Crippen LogP contribution < -0.4 is 9.47 Å². The maximum Gasteiger partial charge on any atom is 0.196 e. The average Bonchev–Trinajstić information content (AvgIpc) is 3.02. The second-order valence-electron chi connectivity index (χ2n) is 5.70. The number of nitrogens with zero attached hydrogens (tertiary/aromatic N) is 3. The van der Waals surface area contributed by atoms with E-state index in [1.165, 1.54) is 0 Å². The molecule has 3 aromatic rings. The Morgan fingerprint density at radius 1 is 1.00 bits per heavy atom. The zero-order chi connectivity index (χ0) is 17.6. The largest absolute Gasteiger partial charge is 0.497 e. The van der Waals surface area contributed by atoms with Crippen LogP contribution in [0.25, 0.3) is 5.69 Å². The molecule has 0 aliphatic carbocycles. The highest BCUT2D eigenvalue weighted by atomic mass is 32.2. The van der Waals surface area contributed by atoms with Gasteiger partial charge in [-0.1, -0.05) is 49.9 Å². The SMILES string of the molecule is COc1cccc(-n2c(COc3ccccc3)nnc2SC(C)C)c1. The molecule has 0 spiro atoms. The van der Waals surface area contributed by atoms with Crippen LogP contribution in [0.2, 0.25) is 0 Å². The fourth-order valence-corrected chi connectivity index (χ4v) is 3.18. The van der Waals surface area contributed by atoms with Crippen molar-refractivity contribution >= 4 is 11.8 Å². The van der Waals surface area contributed by atoms with Crippen molar-refractivity contribution in [1.82, 2.24) is 14.8 Å². The quantitative estimate of drug-likeness (QED) is 0.590. The molecule has 0 atom stereocenters. The Bertz CT molecular complexity index is 819. The van der Waals surface area contributed by atoms with Crippen molar-refractivity contribution in [1.29, 1.82) is 0 Å². The number of benzene rings is 2. The molecule has 0 fully saturated rings. The molecule has 3 rings (SSSR count). The molecule has 130 valence electrons. The zero-order valence-corrected chi connectivity index (χ0v) is 15.4. The van der Waals surface area contributed by atoms with Gasteiger partial charge in [-0.3, -0.25) is 4.57 Å². The molecular weight excluding hydrogens is 334 g/mol. The predicted molar refractivity (Wildman–Crippen MR) is 99.7 cm³/mol. The molecule has 0 saturated carbocycles. The zero-order valence-electron chi connectivity index (χ0n) is 14.5. The second-order valence-corrected chi connectivity index (χ2v) is 7.25. The van der Waals surface area contributed by atoms with Crippen LogP contribution in [-0.2, 0) is 6.61 Å². The molecule has 0 unspecified atom stereocenters. The molecule has 1 aromatic heterocycles. The highest BCUT2D eigenvalue weighted by Crippen LogP contribution is 2.27. The lowest BCUT2D eigenvalue weighted by Gasteiger charge is -2.13. The average molecular weight is 355 g/mol. The van der Waals surface area contributed by atoms with E-state index in [1.54, 1.807) is 18.9 Å². The molecule has 0 amide bonds. The van der Waals surface area contributed by atoms with Gasteiger partial charge in [0.25, 0.3) is 0 Å². The van der Waals surface area contributed by atoms with Crippen LogP contribution in [0.1, 0.15) is 19.7 Å². The number of hydrogen-bond donors (Lipinski definition) is 0. The smallest absolute Gasteiger partial charge is 0.196 e. The molecule has 5 nitrogen and oxygen atoms in total. The third-order valence-electron chi connectivity index (χ3n) is 3.46. The molecule has 0 aliphatic heterocycles. The van der Waals surface area contributed by atoms with Crippen LogP contribution in [-0.4, -0.2) is 27.1 Å². The molecule has 6 heteroatoms. The van der Waals surface area contributed by atoms with E-state index >= 15 is 0 Å². The molecule has 0 saturated heterocycles. The van der Waals surface area contributed by atoms with E-state index in [9.17, 15) is 0 Å². The van der Waals surface area contributed by atoms with Gasteiger partial charge in [-0.05, 0) is 24.3 Å². The Kier molecular flexibility index (Phi) is 5.60. The van der Waals surface area contributed by atoms with E-state index in [2.05, 4.69) is 24.0 Å². The van der Waals surface area contributed by atoms with Crippen LogP contribution in [0.5, 0.6) is 11.5 Å². The van der Waals surface area contributed by atoms with Crippen molar-refractivity contribution in [2.75, 3.05) is 7.11 Å². The third-order valence-corrected chi connectivity index (χ3v) is 4.41. The van der Waals surface area contributed by atoms with Gasteiger partial charge in [0, 0.05) is 11.3 Å². The summed E-state index contributed by atoms with van der Waals surface area (Å²) < 4.78 is 13.2. The summed E-state index contributed by atoms with van der Waals surface area (Å²) in [5.74, 6) is 2.35. The van der Waals surface area contributed by atoms with Crippen LogP contribution >= 0.6 is 11.8 Å². The topological polar surface area (TPSA) is 49.2 Å². The van der Waals surface area contributed by atoms with Crippen molar-refractivity contribution in [3.8, 4) is 17.2 Å². The van der Waals surface area contributed by atoms with Crippen molar-refractivity contribution in [3.05, 3.63) is 60.4 Å². The maximum atomic E-state index is 5.87. The van der Waals surface area contributed by atoms with Gasteiger partial charge in [-0.25, -0.2) is 0 Å². The van der Waals surface area contributed by atoms with Crippen molar-refractivity contribution in [2.45, 2.75) is 30.9 Å². The molecule has 1 heterocycles. The van der Waals surface area contributed by atoms with Crippen LogP contribution in [0.3, 0.4) is 0 Å².